The van der Waals surface area contributed by atoms with Crippen LogP contribution in [0.1, 0.15) is 5.56 Å². The Labute approximate surface area is 88.1 Å². The van der Waals surface area contributed by atoms with E-state index in [-0.39, 0.29) is 0 Å². The smallest absolute Gasteiger partial charge is 0.0708 e. The number of aryl methyl sites for hydroxylation is 2. The van der Waals surface area contributed by atoms with Crippen molar-refractivity contribution in [2.24, 2.45) is 7.05 Å². The summed E-state index contributed by atoms with van der Waals surface area (Å²) >= 11 is 5.83. The van der Waals surface area contributed by atoms with Gasteiger partial charge in [0.05, 0.1) is 11.9 Å². The Morgan fingerprint density at radius 3 is 2.36 bits per heavy atom. The Morgan fingerprint density at radius 1 is 1.21 bits per heavy atom. The van der Waals surface area contributed by atoms with Gasteiger partial charge < -0.3 is 0 Å². The molecule has 0 saturated heterocycles. The fraction of sp³-hybridized carbons (Fsp3) is 0.182. The Kier molecular flexibility index (Phi) is 2.30. The molecule has 2 nitrogen and oxygen atoms in total. The summed E-state index contributed by atoms with van der Waals surface area (Å²) in [5, 5.41) is 4.96. The van der Waals surface area contributed by atoms with Crippen molar-refractivity contribution in [2.45, 2.75) is 6.92 Å². The molecule has 2 aromatic rings. The van der Waals surface area contributed by atoms with Gasteiger partial charge in [0.1, 0.15) is 0 Å². The second-order valence-electron chi connectivity index (χ2n) is 3.31. The zero-order valence-electron chi connectivity index (χ0n) is 8.16. The van der Waals surface area contributed by atoms with Crippen LogP contribution in [-0.2, 0) is 7.05 Å². The maximum atomic E-state index is 5.83. The standard InChI is InChI=1S/C11H11ClN2/c1-8-7-13-14(2)11(8)9-3-5-10(12)6-4-9/h3-7H,1-2H3. The molecule has 1 aromatic heterocycles. The van der Waals surface area contributed by atoms with Gasteiger partial charge in [0.2, 0.25) is 0 Å². The number of aromatic nitrogens is 2. The highest BCUT2D eigenvalue weighted by molar-refractivity contribution is 6.30. The third-order valence-electron chi connectivity index (χ3n) is 2.24. The van der Waals surface area contributed by atoms with Crippen LogP contribution in [0.25, 0.3) is 11.3 Å². The molecule has 1 aromatic carbocycles. The van der Waals surface area contributed by atoms with E-state index in [0.717, 1.165) is 16.3 Å². The number of nitrogens with zero attached hydrogens (tertiary/aromatic N) is 2. The van der Waals surface area contributed by atoms with Gasteiger partial charge in [-0.25, -0.2) is 0 Å². The number of benzene rings is 1. The molecule has 0 aliphatic heterocycles. The predicted molar refractivity (Wildman–Crippen MR) is 58.4 cm³/mol. The van der Waals surface area contributed by atoms with Crippen molar-refractivity contribution < 1.29 is 0 Å². The summed E-state index contributed by atoms with van der Waals surface area (Å²) in [4.78, 5) is 0. The molecule has 0 bridgehead atoms. The lowest BCUT2D eigenvalue weighted by Crippen LogP contribution is -1.93. The van der Waals surface area contributed by atoms with Crippen LogP contribution in [-0.4, -0.2) is 9.78 Å². The van der Waals surface area contributed by atoms with Crippen molar-refractivity contribution in [1.29, 1.82) is 0 Å². The van der Waals surface area contributed by atoms with Crippen molar-refractivity contribution in [3.8, 4) is 11.3 Å². The number of rotatable bonds is 1. The van der Waals surface area contributed by atoms with Crippen molar-refractivity contribution in [2.75, 3.05) is 0 Å². The van der Waals surface area contributed by atoms with Crippen LogP contribution in [0.4, 0.5) is 0 Å². The van der Waals surface area contributed by atoms with Crippen LogP contribution in [0.15, 0.2) is 30.5 Å². The maximum Gasteiger partial charge on any atom is 0.0708 e. The lowest BCUT2D eigenvalue weighted by Gasteiger charge is -2.03. The first-order valence-electron chi connectivity index (χ1n) is 4.43. The number of halogens is 1. The fourth-order valence-corrected chi connectivity index (χ4v) is 1.70. The van der Waals surface area contributed by atoms with Gasteiger partial charge in [-0.1, -0.05) is 23.7 Å². The molecule has 0 radical (unpaired) electrons. The highest BCUT2D eigenvalue weighted by Gasteiger charge is 2.06. The molecule has 0 aliphatic rings. The van der Waals surface area contributed by atoms with Gasteiger partial charge in [0, 0.05) is 17.6 Å². The minimum atomic E-state index is 0.758. The molecule has 0 spiro atoms. The molecule has 3 heteroatoms. The fourth-order valence-electron chi connectivity index (χ4n) is 1.57. The van der Waals surface area contributed by atoms with Gasteiger partial charge in [-0.2, -0.15) is 5.10 Å². The minimum Gasteiger partial charge on any atom is -0.268 e. The Hall–Kier alpha value is -1.28. The van der Waals surface area contributed by atoms with E-state index < -0.39 is 0 Å². The Morgan fingerprint density at radius 2 is 1.86 bits per heavy atom. The average molecular weight is 207 g/mol. The van der Waals surface area contributed by atoms with E-state index in [1.54, 1.807) is 0 Å². The molecule has 2 rings (SSSR count). The van der Waals surface area contributed by atoms with Crippen LogP contribution in [0.5, 0.6) is 0 Å². The summed E-state index contributed by atoms with van der Waals surface area (Å²) in [6.07, 6.45) is 1.87. The molecule has 0 N–H and O–H groups in total. The van der Waals surface area contributed by atoms with E-state index in [1.165, 1.54) is 5.56 Å². The monoisotopic (exact) mass is 206 g/mol. The van der Waals surface area contributed by atoms with Crippen LogP contribution in [0.2, 0.25) is 5.02 Å². The molecule has 0 amide bonds. The molecule has 72 valence electrons. The van der Waals surface area contributed by atoms with Crippen LogP contribution >= 0.6 is 11.6 Å². The Bertz CT molecular complexity index is 423. The molecule has 0 saturated carbocycles. The van der Waals surface area contributed by atoms with Crippen molar-refractivity contribution in [3.63, 3.8) is 0 Å². The summed E-state index contributed by atoms with van der Waals surface area (Å²) < 4.78 is 1.87. The van der Waals surface area contributed by atoms with Gasteiger partial charge in [-0.05, 0) is 24.6 Å². The molecule has 0 aliphatic carbocycles. The third kappa shape index (κ3) is 1.53. The normalized spacial score (nSPS) is 10.5. The largest absolute Gasteiger partial charge is 0.268 e. The van der Waals surface area contributed by atoms with E-state index in [2.05, 4.69) is 12.0 Å². The van der Waals surface area contributed by atoms with E-state index >= 15 is 0 Å². The first-order chi connectivity index (χ1) is 6.68. The minimum absolute atomic E-state index is 0.758. The van der Waals surface area contributed by atoms with Gasteiger partial charge in [0.15, 0.2) is 0 Å². The summed E-state index contributed by atoms with van der Waals surface area (Å²) in [7, 11) is 1.94. The van der Waals surface area contributed by atoms with Gasteiger partial charge in [-0.3, -0.25) is 4.68 Å². The second kappa shape index (κ2) is 3.46. The quantitative estimate of drug-likeness (QED) is 0.701. The van der Waals surface area contributed by atoms with Crippen LogP contribution in [0.3, 0.4) is 0 Å². The van der Waals surface area contributed by atoms with Crippen LogP contribution in [0, 0.1) is 6.92 Å². The predicted octanol–water partition coefficient (Wildman–Crippen LogP) is 3.05. The maximum absolute atomic E-state index is 5.83. The van der Waals surface area contributed by atoms with Gasteiger partial charge in [-0.15, -0.1) is 0 Å². The van der Waals surface area contributed by atoms with Crippen molar-refractivity contribution in [3.05, 3.63) is 41.0 Å². The van der Waals surface area contributed by atoms with Crippen molar-refractivity contribution >= 4 is 11.6 Å². The lowest BCUT2D eigenvalue weighted by atomic mass is 10.1. The van der Waals surface area contributed by atoms with Crippen molar-refractivity contribution in [1.82, 2.24) is 9.78 Å². The van der Waals surface area contributed by atoms with E-state index in [4.69, 9.17) is 11.6 Å². The van der Waals surface area contributed by atoms with E-state index in [0.29, 0.717) is 0 Å². The molecule has 0 atom stereocenters. The average Bonchev–Trinajstić information content (AvgIpc) is 2.49. The number of hydrogen-bond donors (Lipinski definition) is 0. The van der Waals surface area contributed by atoms with Gasteiger partial charge >= 0.3 is 0 Å². The first kappa shape index (κ1) is 9.28. The molecular formula is C11H11ClN2. The zero-order valence-corrected chi connectivity index (χ0v) is 8.92. The summed E-state index contributed by atoms with van der Waals surface area (Å²) in [5.41, 5.74) is 3.46. The second-order valence-corrected chi connectivity index (χ2v) is 3.74. The molecular weight excluding hydrogens is 196 g/mol. The molecule has 0 fully saturated rings. The van der Waals surface area contributed by atoms with Crippen LogP contribution < -0.4 is 0 Å². The summed E-state index contributed by atoms with van der Waals surface area (Å²) in [5.74, 6) is 0. The zero-order chi connectivity index (χ0) is 10.1. The lowest BCUT2D eigenvalue weighted by molar-refractivity contribution is 0.775. The summed E-state index contributed by atoms with van der Waals surface area (Å²) in [6, 6.07) is 7.80. The molecule has 1 heterocycles. The third-order valence-corrected chi connectivity index (χ3v) is 2.49. The first-order valence-corrected chi connectivity index (χ1v) is 4.81. The summed E-state index contributed by atoms with van der Waals surface area (Å²) in [6.45, 7) is 2.05. The highest BCUT2D eigenvalue weighted by atomic mass is 35.5. The van der Waals surface area contributed by atoms with Gasteiger partial charge in [0.25, 0.3) is 0 Å². The van der Waals surface area contributed by atoms with E-state index in [1.807, 2.05) is 42.2 Å². The molecule has 0 unspecified atom stereocenters. The topological polar surface area (TPSA) is 17.8 Å². The molecule has 14 heavy (non-hydrogen) atoms. The van der Waals surface area contributed by atoms with E-state index in [9.17, 15) is 0 Å². The Balaban J connectivity index is 2.54. The SMILES string of the molecule is Cc1cnn(C)c1-c1ccc(Cl)cc1. The number of hydrogen-bond acceptors (Lipinski definition) is 1. The highest BCUT2D eigenvalue weighted by Crippen LogP contribution is 2.23.